The van der Waals surface area contributed by atoms with Crippen LogP contribution in [0.15, 0.2) is 11.6 Å². The molecule has 260 valence electrons. The van der Waals surface area contributed by atoms with Crippen molar-refractivity contribution >= 4 is 12.4 Å². The summed E-state index contributed by atoms with van der Waals surface area (Å²) >= 11 is 0. The van der Waals surface area contributed by atoms with Crippen LogP contribution in [0.4, 0.5) is 4.39 Å². The van der Waals surface area contributed by atoms with Crippen LogP contribution in [0.5, 0.6) is 0 Å². The number of ether oxygens (including phenoxy) is 2. The maximum absolute atomic E-state index is 16.7. The van der Waals surface area contributed by atoms with Crippen molar-refractivity contribution in [3.8, 4) is 0 Å². The van der Waals surface area contributed by atoms with Crippen molar-refractivity contribution in [3.63, 3.8) is 0 Å². The van der Waals surface area contributed by atoms with Gasteiger partial charge in [0, 0.05) is 0 Å². The second-order valence-corrected chi connectivity index (χ2v) is 18.3. The minimum Gasteiger partial charge on any atom is -0.481 e. The fraction of sp³-hybridized carbons (Fsp3) is 0.892. The lowest BCUT2D eigenvalue weighted by Crippen LogP contribution is -2.66. The van der Waals surface area contributed by atoms with Crippen molar-refractivity contribution in [2.24, 2.45) is 56.2 Å². The molecule has 8 nitrogen and oxygen atoms in total. The molecule has 14 atom stereocenters. The van der Waals surface area contributed by atoms with Crippen LogP contribution in [0, 0.1) is 56.2 Å². The zero-order chi connectivity index (χ0) is 33.8. The zero-order valence-electron chi connectivity index (χ0n) is 28.8. The van der Waals surface area contributed by atoms with Crippen molar-refractivity contribution < 1.29 is 43.9 Å². The second kappa shape index (κ2) is 11.0. The van der Waals surface area contributed by atoms with E-state index in [0.717, 1.165) is 57.8 Å². The van der Waals surface area contributed by atoms with Gasteiger partial charge >= 0.3 is 5.97 Å². The molecule has 0 aromatic carbocycles. The van der Waals surface area contributed by atoms with Crippen molar-refractivity contribution in [2.75, 3.05) is 0 Å². The Bertz CT molecular complexity index is 1270. The Kier molecular flexibility index (Phi) is 8.19. The first kappa shape index (κ1) is 34.3. The van der Waals surface area contributed by atoms with Gasteiger partial charge in [0.2, 0.25) is 6.29 Å². The molecule has 5 aliphatic carbocycles. The molecule has 6 aliphatic rings. The van der Waals surface area contributed by atoms with Gasteiger partial charge in [-0.2, -0.15) is 0 Å². The number of hydrogen-bond acceptors (Lipinski definition) is 7. The number of alkyl halides is 1. The summed E-state index contributed by atoms with van der Waals surface area (Å²) in [6, 6.07) is 0. The lowest BCUT2D eigenvalue weighted by atomic mass is 9.33. The van der Waals surface area contributed by atoms with Crippen LogP contribution in [0.25, 0.3) is 0 Å². The third-order valence-electron chi connectivity index (χ3n) is 15.7. The molecule has 0 bridgehead atoms. The van der Waals surface area contributed by atoms with Crippen LogP contribution in [-0.4, -0.2) is 69.7 Å². The Hall–Kier alpha value is -1.55. The van der Waals surface area contributed by atoms with Gasteiger partial charge in [-0.1, -0.05) is 60.1 Å². The van der Waals surface area contributed by atoms with Crippen LogP contribution in [-0.2, 0) is 19.1 Å². The molecule has 46 heavy (non-hydrogen) atoms. The van der Waals surface area contributed by atoms with E-state index in [2.05, 4.69) is 54.5 Å². The number of fused-ring (bicyclic) bond motifs is 7. The number of aliphatic hydroxyl groups is 3. The Labute approximate surface area is 273 Å². The monoisotopic (exact) mass is 648 g/mol. The smallest absolute Gasteiger partial charge is 0.310 e. The quantitative estimate of drug-likeness (QED) is 0.217. The van der Waals surface area contributed by atoms with Crippen molar-refractivity contribution in [1.82, 2.24) is 0 Å². The number of rotatable bonds is 5. The third-order valence-corrected chi connectivity index (χ3v) is 15.7. The highest BCUT2D eigenvalue weighted by Gasteiger charge is 2.70. The summed E-state index contributed by atoms with van der Waals surface area (Å²) in [6.45, 7) is 16.2. The van der Waals surface area contributed by atoms with E-state index >= 15 is 4.39 Å². The lowest BCUT2D eigenvalue weighted by molar-refractivity contribution is -0.301. The van der Waals surface area contributed by atoms with E-state index in [4.69, 9.17) is 9.47 Å². The normalized spacial score (nSPS) is 51.6. The predicted molar refractivity (Wildman–Crippen MR) is 169 cm³/mol. The SMILES string of the molecule is CC1(C)CC[C@]2(C(=O)O)CC[C@]3(C)C(=CCC4[C@@]5(C)CC[C@H]([C@H](F)[C@@H]6OC(OC=O)[C@@H](O)[C@H](O)C6O)C(C)(C)C5CC[C@]43C)C2C1. The van der Waals surface area contributed by atoms with Crippen molar-refractivity contribution in [2.45, 2.75) is 150 Å². The van der Waals surface area contributed by atoms with E-state index in [9.17, 15) is 30.0 Å². The minimum absolute atomic E-state index is 0.0189. The summed E-state index contributed by atoms with van der Waals surface area (Å²) in [7, 11) is 0. The van der Waals surface area contributed by atoms with E-state index in [-0.39, 0.29) is 40.0 Å². The Morgan fingerprint density at radius 1 is 0.935 bits per heavy atom. The topological polar surface area (TPSA) is 134 Å². The summed E-state index contributed by atoms with van der Waals surface area (Å²) in [5.74, 6) is -0.494. The Morgan fingerprint density at radius 2 is 1.61 bits per heavy atom. The summed E-state index contributed by atoms with van der Waals surface area (Å²) in [5.41, 5.74) is 0.162. The zero-order valence-corrected chi connectivity index (χ0v) is 28.8. The van der Waals surface area contributed by atoms with Crippen LogP contribution in [0.2, 0.25) is 0 Å². The minimum atomic E-state index is -1.71. The van der Waals surface area contributed by atoms with Crippen LogP contribution in [0.3, 0.4) is 0 Å². The number of hydrogen-bond donors (Lipinski definition) is 4. The van der Waals surface area contributed by atoms with Gasteiger partial charge in [0.25, 0.3) is 6.47 Å². The maximum atomic E-state index is 16.7. The molecule has 0 aromatic heterocycles. The van der Waals surface area contributed by atoms with Gasteiger partial charge in [0.15, 0.2) is 0 Å². The van der Waals surface area contributed by atoms with Gasteiger partial charge < -0.3 is 29.9 Å². The molecule has 6 rings (SSSR count). The molecule has 4 N–H and O–H groups in total. The van der Waals surface area contributed by atoms with Crippen LogP contribution >= 0.6 is 0 Å². The molecule has 1 heterocycles. The number of carboxylic acids is 1. The number of carboxylic acid groups (broad SMARTS) is 1. The van der Waals surface area contributed by atoms with E-state index in [1.807, 2.05) is 0 Å². The summed E-state index contributed by atoms with van der Waals surface area (Å²) in [6.07, 6.45) is 1.16. The fourth-order valence-corrected chi connectivity index (χ4v) is 12.8. The number of aliphatic hydroxyl groups excluding tert-OH is 3. The first-order valence-corrected chi connectivity index (χ1v) is 17.7. The molecule has 0 amide bonds. The Morgan fingerprint density at radius 3 is 2.26 bits per heavy atom. The first-order chi connectivity index (χ1) is 21.3. The van der Waals surface area contributed by atoms with E-state index < -0.39 is 59.6 Å². The molecule has 9 heteroatoms. The van der Waals surface area contributed by atoms with Crippen molar-refractivity contribution in [1.29, 1.82) is 0 Å². The average Bonchev–Trinajstić information content (AvgIpc) is 2.97. The molecule has 0 spiro atoms. The molecule has 0 aromatic rings. The van der Waals surface area contributed by atoms with Gasteiger partial charge in [-0.3, -0.25) is 9.59 Å². The molecular weight excluding hydrogens is 591 g/mol. The van der Waals surface area contributed by atoms with Crippen molar-refractivity contribution in [3.05, 3.63) is 11.6 Å². The summed E-state index contributed by atoms with van der Waals surface area (Å²) in [4.78, 5) is 23.9. The van der Waals surface area contributed by atoms with Gasteiger partial charge in [-0.25, -0.2) is 4.39 Å². The summed E-state index contributed by atoms with van der Waals surface area (Å²) in [5, 5.41) is 42.1. The predicted octanol–water partition coefficient (Wildman–Crippen LogP) is 5.81. The average molecular weight is 649 g/mol. The lowest BCUT2D eigenvalue weighted by Gasteiger charge is -2.71. The highest BCUT2D eigenvalue weighted by atomic mass is 19.1. The van der Waals surface area contributed by atoms with Gasteiger partial charge in [0.1, 0.15) is 30.6 Å². The molecular formula is C37H57FO8. The molecule has 0 radical (unpaired) electrons. The Balaban J connectivity index is 1.30. The number of halogens is 1. The number of aliphatic carboxylic acids is 1. The highest BCUT2D eigenvalue weighted by molar-refractivity contribution is 5.76. The number of allylic oxidation sites excluding steroid dienone is 2. The van der Waals surface area contributed by atoms with Crippen LogP contribution < -0.4 is 0 Å². The highest BCUT2D eigenvalue weighted by Crippen LogP contribution is 2.76. The van der Waals surface area contributed by atoms with Crippen LogP contribution in [0.1, 0.15) is 113 Å². The standard InChI is InChI=1S/C37H57FO8/c1-32(2)14-16-37(31(43)44)17-15-35(6)20(22(37)18-32)8-9-24-34(5)12-10-21(33(3,4)23(34)11-13-36(24,35)7)25(38)29-27(41)26(40)28(42)30(46-29)45-19-39/h8,19,21-30,40-42H,9-18H2,1-7H3,(H,43,44)/t21-,22?,23?,24?,25+,26-,27?,28+,29+,30?,34+,35-,36-,37+/m1/s1. The molecule has 5 fully saturated rings. The van der Waals surface area contributed by atoms with E-state index in [1.54, 1.807) is 0 Å². The molecule has 5 unspecified atom stereocenters. The fourth-order valence-electron chi connectivity index (χ4n) is 12.8. The molecule has 1 aliphatic heterocycles. The number of carbonyl (C=O) groups excluding carboxylic acids is 1. The first-order valence-electron chi connectivity index (χ1n) is 17.7. The third kappa shape index (κ3) is 4.56. The number of carbonyl (C=O) groups is 2. The molecule has 4 saturated carbocycles. The second-order valence-electron chi connectivity index (χ2n) is 18.3. The van der Waals surface area contributed by atoms with Gasteiger partial charge in [-0.15, -0.1) is 0 Å². The van der Waals surface area contributed by atoms with Gasteiger partial charge in [-0.05, 0) is 115 Å². The summed E-state index contributed by atoms with van der Waals surface area (Å²) < 4.78 is 27.1. The largest absolute Gasteiger partial charge is 0.481 e. The molecule has 1 saturated heterocycles. The van der Waals surface area contributed by atoms with Gasteiger partial charge in [0.05, 0.1) is 5.41 Å². The van der Waals surface area contributed by atoms with E-state index in [1.165, 1.54) is 5.57 Å². The van der Waals surface area contributed by atoms with E-state index in [0.29, 0.717) is 12.3 Å². The maximum Gasteiger partial charge on any atom is 0.310 e.